The second-order valence-electron chi connectivity index (χ2n) is 7.53. The summed E-state index contributed by atoms with van der Waals surface area (Å²) in [6, 6.07) is 16.0. The number of amidine groups is 1. The topological polar surface area (TPSA) is 66.8 Å². The zero-order valence-electron chi connectivity index (χ0n) is 17.8. The molecule has 2 heterocycles. The Balaban J connectivity index is 1.42. The molecule has 3 aromatic rings. The number of thiazole rings is 1. The Morgan fingerprint density at radius 2 is 1.88 bits per heavy atom. The zero-order valence-corrected chi connectivity index (χ0v) is 19.4. The van der Waals surface area contributed by atoms with Gasteiger partial charge in [0.05, 0.1) is 5.69 Å². The highest BCUT2D eigenvalue weighted by atomic mass is 35.5. The highest BCUT2D eigenvalue weighted by molar-refractivity contribution is 7.14. The molecule has 166 valence electrons. The lowest BCUT2D eigenvalue weighted by Gasteiger charge is -2.21. The van der Waals surface area contributed by atoms with Crippen LogP contribution in [0.1, 0.15) is 30.9 Å². The maximum Gasteiger partial charge on any atom is 0.232 e. The molecular weight excluding hydrogens is 444 g/mol. The van der Waals surface area contributed by atoms with Gasteiger partial charge in [-0.25, -0.2) is 20.3 Å². The summed E-state index contributed by atoms with van der Waals surface area (Å²) in [4.78, 5) is 27.3. The van der Waals surface area contributed by atoms with E-state index in [4.69, 9.17) is 21.4 Å². The number of benzene rings is 2. The fraction of sp³-hybridized carbons (Fsp3) is 0.292. The van der Waals surface area contributed by atoms with E-state index in [1.165, 1.54) is 5.56 Å². The summed E-state index contributed by atoms with van der Waals surface area (Å²) >= 11 is 7.69. The standard InChI is InChI=1S/C24H25ClN4O2S/c1-2-3-13-29(24-26-21(16-32-24)18-8-10-20(25)11-9-18)14-12-17-4-6-19(7-5-17)23-27-22(15-30)31-28-23/h4-11,15-16,22H,2-3,12-14H2,1H3,(H,27,28). The molecule has 6 nitrogen and oxygen atoms in total. The van der Waals surface area contributed by atoms with E-state index in [-0.39, 0.29) is 0 Å². The Bertz CT molecular complexity index is 1070. The van der Waals surface area contributed by atoms with Gasteiger partial charge < -0.3 is 4.90 Å². The van der Waals surface area contributed by atoms with Crippen LogP contribution in [0.2, 0.25) is 5.02 Å². The van der Waals surface area contributed by atoms with Crippen molar-refractivity contribution >= 4 is 40.2 Å². The van der Waals surface area contributed by atoms with Crippen LogP contribution in [0.15, 0.2) is 58.9 Å². The van der Waals surface area contributed by atoms with E-state index in [1.807, 2.05) is 36.4 Å². The Hall–Kier alpha value is -2.74. The largest absolute Gasteiger partial charge is 0.348 e. The SMILES string of the molecule is CCCCN(CCc1ccc(C2=NC(C=O)ON2)cc1)c1nc(-c2ccc(Cl)cc2)cs1. The molecule has 0 fully saturated rings. The maximum absolute atomic E-state index is 10.8. The van der Waals surface area contributed by atoms with Crippen molar-refractivity contribution in [2.24, 2.45) is 4.99 Å². The summed E-state index contributed by atoms with van der Waals surface area (Å²) in [5.41, 5.74) is 6.89. The summed E-state index contributed by atoms with van der Waals surface area (Å²) in [6.45, 7) is 4.08. The molecule has 1 aromatic heterocycles. The van der Waals surface area contributed by atoms with Gasteiger partial charge in [0.15, 0.2) is 17.3 Å². The summed E-state index contributed by atoms with van der Waals surface area (Å²) in [5.74, 6) is 0.579. The van der Waals surface area contributed by atoms with Gasteiger partial charge in [0.1, 0.15) is 0 Å². The zero-order chi connectivity index (χ0) is 22.3. The smallest absolute Gasteiger partial charge is 0.232 e. The van der Waals surface area contributed by atoms with Crippen molar-refractivity contribution < 1.29 is 9.63 Å². The van der Waals surface area contributed by atoms with Crippen LogP contribution in [0.25, 0.3) is 11.3 Å². The van der Waals surface area contributed by atoms with Gasteiger partial charge in [0, 0.05) is 34.6 Å². The molecule has 1 aliphatic heterocycles. The number of nitrogens with zero attached hydrogens (tertiary/aromatic N) is 3. The Morgan fingerprint density at radius 1 is 1.12 bits per heavy atom. The molecule has 0 amide bonds. The molecule has 8 heteroatoms. The molecule has 0 spiro atoms. The maximum atomic E-state index is 10.8. The average Bonchev–Trinajstić information content (AvgIpc) is 3.50. The third-order valence-electron chi connectivity index (χ3n) is 5.23. The first kappa shape index (κ1) is 22.5. The first-order valence-corrected chi connectivity index (χ1v) is 11.9. The van der Waals surface area contributed by atoms with E-state index >= 15 is 0 Å². The Kier molecular flexibility index (Phi) is 7.52. The van der Waals surface area contributed by atoms with E-state index in [1.54, 1.807) is 11.3 Å². The van der Waals surface area contributed by atoms with Crippen LogP contribution >= 0.6 is 22.9 Å². The second-order valence-corrected chi connectivity index (χ2v) is 8.81. The molecular formula is C24H25ClN4O2S. The first-order chi connectivity index (χ1) is 15.7. The van der Waals surface area contributed by atoms with Crippen LogP contribution in [0.4, 0.5) is 5.13 Å². The number of carbonyl (C=O) groups is 1. The fourth-order valence-electron chi connectivity index (χ4n) is 3.40. The van der Waals surface area contributed by atoms with Gasteiger partial charge in [-0.05, 0) is 30.5 Å². The number of hydrogen-bond donors (Lipinski definition) is 1. The first-order valence-electron chi connectivity index (χ1n) is 10.7. The van der Waals surface area contributed by atoms with Gasteiger partial charge in [-0.1, -0.05) is 61.3 Å². The van der Waals surface area contributed by atoms with Crippen LogP contribution in [0, 0.1) is 0 Å². The molecule has 1 N–H and O–H groups in total. The lowest BCUT2D eigenvalue weighted by Crippen LogP contribution is -2.27. The normalized spacial score (nSPS) is 15.3. The number of rotatable bonds is 10. The van der Waals surface area contributed by atoms with Crippen molar-refractivity contribution in [3.05, 3.63) is 70.1 Å². The van der Waals surface area contributed by atoms with Gasteiger partial charge in [0.25, 0.3) is 0 Å². The van der Waals surface area contributed by atoms with E-state index in [9.17, 15) is 4.79 Å². The van der Waals surface area contributed by atoms with Gasteiger partial charge in [0.2, 0.25) is 6.23 Å². The number of anilines is 1. The van der Waals surface area contributed by atoms with Crippen LogP contribution in [-0.4, -0.2) is 36.4 Å². The Labute approximate surface area is 196 Å². The molecule has 4 rings (SSSR count). The summed E-state index contributed by atoms with van der Waals surface area (Å²) in [5, 5.41) is 3.88. The van der Waals surface area contributed by atoms with E-state index in [0.29, 0.717) is 12.1 Å². The number of unbranched alkanes of at least 4 members (excludes halogenated alkanes) is 1. The van der Waals surface area contributed by atoms with Crippen LogP contribution in [0.5, 0.6) is 0 Å². The molecule has 1 atom stereocenters. The number of hydroxylamine groups is 1. The molecule has 32 heavy (non-hydrogen) atoms. The number of hydrogen-bond acceptors (Lipinski definition) is 7. The number of aromatic nitrogens is 1. The van der Waals surface area contributed by atoms with Gasteiger partial charge in [-0.15, -0.1) is 11.3 Å². The Morgan fingerprint density at radius 3 is 2.56 bits per heavy atom. The van der Waals surface area contributed by atoms with E-state index in [2.05, 4.69) is 39.8 Å². The molecule has 1 aliphatic rings. The van der Waals surface area contributed by atoms with Crippen molar-refractivity contribution in [2.75, 3.05) is 18.0 Å². The number of aldehydes is 1. The highest BCUT2D eigenvalue weighted by Crippen LogP contribution is 2.28. The summed E-state index contributed by atoms with van der Waals surface area (Å²) in [7, 11) is 0. The summed E-state index contributed by atoms with van der Waals surface area (Å²) in [6.07, 6.45) is 3.06. The average molecular weight is 469 g/mol. The van der Waals surface area contributed by atoms with Gasteiger partial charge in [-0.3, -0.25) is 4.79 Å². The molecule has 0 saturated heterocycles. The molecule has 1 unspecified atom stereocenters. The molecule has 2 aromatic carbocycles. The van der Waals surface area contributed by atoms with Crippen molar-refractivity contribution in [3.63, 3.8) is 0 Å². The molecule has 0 bridgehead atoms. The third kappa shape index (κ3) is 5.54. The van der Waals surface area contributed by atoms with Crippen molar-refractivity contribution in [3.8, 4) is 11.3 Å². The predicted molar refractivity (Wildman–Crippen MR) is 130 cm³/mol. The van der Waals surface area contributed by atoms with E-state index in [0.717, 1.165) is 59.3 Å². The van der Waals surface area contributed by atoms with Crippen molar-refractivity contribution in [1.82, 2.24) is 10.5 Å². The van der Waals surface area contributed by atoms with Gasteiger partial charge in [-0.2, -0.15) is 0 Å². The number of aliphatic imine (C=N–C) groups is 1. The number of halogens is 1. The molecule has 0 saturated carbocycles. The van der Waals surface area contributed by atoms with E-state index < -0.39 is 6.23 Å². The number of carbonyl (C=O) groups excluding carboxylic acids is 1. The predicted octanol–water partition coefficient (Wildman–Crippen LogP) is 5.12. The number of nitrogens with one attached hydrogen (secondary N) is 1. The van der Waals surface area contributed by atoms with Crippen molar-refractivity contribution in [2.45, 2.75) is 32.4 Å². The van der Waals surface area contributed by atoms with Crippen LogP contribution in [0.3, 0.4) is 0 Å². The minimum Gasteiger partial charge on any atom is -0.348 e. The monoisotopic (exact) mass is 468 g/mol. The van der Waals surface area contributed by atoms with Crippen molar-refractivity contribution in [1.29, 1.82) is 0 Å². The molecule has 0 radical (unpaired) electrons. The quantitative estimate of drug-likeness (QED) is 0.418. The lowest BCUT2D eigenvalue weighted by molar-refractivity contribution is -0.118. The second kappa shape index (κ2) is 10.7. The third-order valence-corrected chi connectivity index (χ3v) is 6.38. The van der Waals surface area contributed by atoms with Gasteiger partial charge >= 0.3 is 0 Å². The minimum atomic E-state index is -0.771. The lowest BCUT2D eigenvalue weighted by atomic mass is 10.1. The molecule has 0 aliphatic carbocycles. The fourth-order valence-corrected chi connectivity index (χ4v) is 4.41. The summed E-state index contributed by atoms with van der Waals surface area (Å²) < 4.78 is 0. The minimum absolute atomic E-state index is 0.579. The highest BCUT2D eigenvalue weighted by Gasteiger charge is 2.18. The van der Waals surface area contributed by atoms with Crippen LogP contribution in [-0.2, 0) is 16.1 Å². The van der Waals surface area contributed by atoms with Crippen LogP contribution < -0.4 is 10.4 Å².